The Kier molecular flexibility index (Phi) is 5.55. The van der Waals surface area contributed by atoms with Gasteiger partial charge in [-0.15, -0.1) is 0 Å². The van der Waals surface area contributed by atoms with Gasteiger partial charge >= 0.3 is 0 Å². The largest absolute Gasteiger partial charge is 0.382 e. The molecule has 2 atom stereocenters. The second-order valence-electron chi connectivity index (χ2n) is 6.09. The minimum atomic E-state index is -0.899. The zero-order chi connectivity index (χ0) is 18.8. The molecule has 3 rings (SSSR count). The summed E-state index contributed by atoms with van der Waals surface area (Å²) in [6.45, 7) is 3.32. The van der Waals surface area contributed by atoms with E-state index in [1.807, 2.05) is 11.8 Å². The molecule has 1 saturated heterocycles. The summed E-state index contributed by atoms with van der Waals surface area (Å²) < 4.78 is 38.8. The third-order valence-electron chi connectivity index (χ3n) is 4.06. The molecule has 1 aromatic carbocycles. The van der Waals surface area contributed by atoms with E-state index in [1.165, 1.54) is 6.20 Å². The molecule has 9 heteroatoms. The molecule has 6 nitrogen and oxygen atoms in total. The quantitative estimate of drug-likeness (QED) is 0.809. The van der Waals surface area contributed by atoms with E-state index in [2.05, 4.69) is 5.10 Å². The summed E-state index contributed by atoms with van der Waals surface area (Å²) in [5, 5.41) is 3.93. The highest BCUT2D eigenvalue weighted by atomic mass is 35.5. The van der Waals surface area contributed by atoms with Gasteiger partial charge in [-0.2, -0.15) is 9.78 Å². The first-order valence-electron chi connectivity index (χ1n) is 8.03. The van der Waals surface area contributed by atoms with Crippen LogP contribution >= 0.6 is 11.6 Å². The number of hydrogen-bond acceptors (Lipinski definition) is 5. The first-order valence-corrected chi connectivity index (χ1v) is 8.41. The van der Waals surface area contributed by atoms with Gasteiger partial charge in [0.2, 0.25) is 0 Å². The molecule has 2 aromatic rings. The Bertz CT molecular complexity index is 862. The zero-order valence-corrected chi connectivity index (χ0v) is 15.0. The lowest BCUT2D eigenvalue weighted by Crippen LogP contribution is -2.48. The maximum absolute atomic E-state index is 14.0. The minimum absolute atomic E-state index is 0.0862. The number of anilines is 1. The van der Waals surface area contributed by atoms with Crippen molar-refractivity contribution in [2.75, 3.05) is 31.7 Å². The maximum atomic E-state index is 14.0. The summed E-state index contributed by atoms with van der Waals surface area (Å²) in [4.78, 5) is 14.5. The molecule has 2 heterocycles. The number of methoxy groups -OCH3 is 1. The van der Waals surface area contributed by atoms with E-state index in [-0.39, 0.29) is 22.9 Å². The number of halogens is 3. The minimum Gasteiger partial charge on any atom is -0.382 e. The molecule has 1 fully saturated rings. The number of ether oxygens (including phenoxy) is 2. The Hall–Kier alpha value is -2.03. The average Bonchev–Trinajstić information content (AvgIpc) is 2.58. The summed E-state index contributed by atoms with van der Waals surface area (Å²) in [5.41, 5.74) is -0.416. The van der Waals surface area contributed by atoms with Crippen LogP contribution in [-0.2, 0) is 9.47 Å². The highest BCUT2D eigenvalue weighted by Crippen LogP contribution is 2.26. The van der Waals surface area contributed by atoms with Crippen molar-refractivity contribution in [3.05, 3.63) is 51.4 Å². The van der Waals surface area contributed by atoms with Crippen molar-refractivity contribution < 1.29 is 18.3 Å². The molecule has 1 aromatic heterocycles. The highest BCUT2D eigenvalue weighted by Gasteiger charge is 2.28. The van der Waals surface area contributed by atoms with E-state index in [1.54, 1.807) is 7.11 Å². The predicted octanol–water partition coefficient (Wildman–Crippen LogP) is 2.40. The second-order valence-corrected chi connectivity index (χ2v) is 6.46. The van der Waals surface area contributed by atoms with Crippen molar-refractivity contribution >= 4 is 17.3 Å². The van der Waals surface area contributed by atoms with Crippen LogP contribution in [0.2, 0.25) is 5.02 Å². The number of benzene rings is 1. The molecule has 0 bridgehead atoms. The molecule has 0 saturated carbocycles. The Morgan fingerprint density at radius 1 is 1.35 bits per heavy atom. The van der Waals surface area contributed by atoms with Crippen molar-refractivity contribution in [2.45, 2.75) is 19.1 Å². The summed E-state index contributed by atoms with van der Waals surface area (Å²) >= 11 is 6.25. The molecule has 0 amide bonds. The third kappa shape index (κ3) is 3.72. The topological polar surface area (TPSA) is 56.6 Å². The Morgan fingerprint density at radius 3 is 2.81 bits per heavy atom. The standard InChI is InChI=1S/C17H18ClF2N3O3/c1-10-7-22(8-12(26-10)9-25-2)15-6-21-23(17(24)16(15)18)14-4-3-11(19)5-13(14)20/h3-6,10,12H,7-9H2,1-2H3. The van der Waals surface area contributed by atoms with Crippen molar-refractivity contribution in [1.29, 1.82) is 0 Å². The van der Waals surface area contributed by atoms with Crippen molar-refractivity contribution in [3.8, 4) is 5.69 Å². The van der Waals surface area contributed by atoms with Gasteiger partial charge in [0.05, 0.1) is 30.7 Å². The molecule has 0 radical (unpaired) electrons. The van der Waals surface area contributed by atoms with E-state index < -0.39 is 17.2 Å². The summed E-state index contributed by atoms with van der Waals surface area (Å²) in [6.07, 6.45) is 1.14. The fraction of sp³-hybridized carbons (Fsp3) is 0.412. The van der Waals surface area contributed by atoms with Gasteiger partial charge in [0.15, 0.2) is 5.82 Å². The van der Waals surface area contributed by atoms with E-state index in [4.69, 9.17) is 21.1 Å². The highest BCUT2D eigenvalue weighted by molar-refractivity contribution is 6.33. The predicted molar refractivity (Wildman–Crippen MR) is 93.2 cm³/mol. The molecule has 0 aliphatic carbocycles. The van der Waals surface area contributed by atoms with Crippen LogP contribution in [0.5, 0.6) is 0 Å². The fourth-order valence-electron chi connectivity index (χ4n) is 2.99. The van der Waals surface area contributed by atoms with Gasteiger partial charge in [-0.1, -0.05) is 11.6 Å². The molecule has 1 aliphatic heterocycles. The van der Waals surface area contributed by atoms with Gasteiger partial charge in [-0.3, -0.25) is 4.79 Å². The third-order valence-corrected chi connectivity index (χ3v) is 4.41. The molecule has 140 valence electrons. The maximum Gasteiger partial charge on any atom is 0.292 e. The van der Waals surface area contributed by atoms with Crippen LogP contribution in [0.25, 0.3) is 5.69 Å². The smallest absolute Gasteiger partial charge is 0.292 e. The number of aromatic nitrogens is 2. The lowest BCUT2D eigenvalue weighted by molar-refractivity contribution is -0.0511. The van der Waals surface area contributed by atoms with Crippen LogP contribution in [0.4, 0.5) is 14.5 Å². The summed E-state index contributed by atoms with van der Waals surface area (Å²) in [7, 11) is 1.58. The van der Waals surface area contributed by atoms with Crippen LogP contribution in [0.1, 0.15) is 6.92 Å². The van der Waals surface area contributed by atoms with Crippen LogP contribution in [0, 0.1) is 11.6 Å². The summed E-state index contributed by atoms with van der Waals surface area (Å²) in [5.74, 6) is -1.64. The molecule has 0 N–H and O–H groups in total. The molecule has 1 aliphatic rings. The van der Waals surface area contributed by atoms with Crippen LogP contribution in [0.15, 0.2) is 29.2 Å². The molecule has 0 spiro atoms. The first kappa shape index (κ1) is 18.8. The monoisotopic (exact) mass is 385 g/mol. The fourth-order valence-corrected chi connectivity index (χ4v) is 3.24. The lowest BCUT2D eigenvalue weighted by atomic mass is 10.2. The molecular formula is C17H18ClF2N3O3. The number of morpholine rings is 1. The first-order chi connectivity index (χ1) is 12.4. The second kappa shape index (κ2) is 7.69. The van der Waals surface area contributed by atoms with Gasteiger partial charge in [-0.05, 0) is 19.1 Å². The van der Waals surface area contributed by atoms with Crippen LogP contribution in [-0.4, -0.2) is 48.8 Å². The summed E-state index contributed by atoms with van der Waals surface area (Å²) in [6, 6.07) is 2.87. The van der Waals surface area contributed by atoms with E-state index in [9.17, 15) is 13.6 Å². The van der Waals surface area contributed by atoms with E-state index in [0.29, 0.717) is 31.5 Å². The van der Waals surface area contributed by atoms with Gasteiger partial charge in [0, 0.05) is 26.3 Å². The SMILES string of the molecule is COCC1CN(c2cnn(-c3ccc(F)cc3F)c(=O)c2Cl)CC(C)O1. The molecule has 2 unspecified atom stereocenters. The van der Waals surface area contributed by atoms with Crippen molar-refractivity contribution in [1.82, 2.24) is 9.78 Å². The number of hydrogen-bond donors (Lipinski definition) is 0. The van der Waals surface area contributed by atoms with Gasteiger partial charge in [0.25, 0.3) is 5.56 Å². The van der Waals surface area contributed by atoms with E-state index in [0.717, 1.165) is 16.8 Å². The Balaban J connectivity index is 1.96. The normalized spacial score (nSPS) is 20.4. The van der Waals surface area contributed by atoms with Gasteiger partial charge in [-0.25, -0.2) is 8.78 Å². The Labute approximate surface area is 153 Å². The lowest BCUT2D eigenvalue weighted by Gasteiger charge is -2.38. The zero-order valence-electron chi connectivity index (χ0n) is 14.3. The molecule has 26 heavy (non-hydrogen) atoms. The van der Waals surface area contributed by atoms with Crippen molar-refractivity contribution in [3.63, 3.8) is 0 Å². The average molecular weight is 386 g/mol. The van der Waals surface area contributed by atoms with Crippen LogP contribution in [0.3, 0.4) is 0 Å². The number of nitrogens with zero attached hydrogens (tertiary/aromatic N) is 3. The van der Waals surface area contributed by atoms with Crippen LogP contribution < -0.4 is 10.5 Å². The molecular weight excluding hydrogens is 368 g/mol. The van der Waals surface area contributed by atoms with Gasteiger partial charge in [0.1, 0.15) is 16.5 Å². The van der Waals surface area contributed by atoms with E-state index >= 15 is 0 Å². The van der Waals surface area contributed by atoms with Crippen molar-refractivity contribution in [2.24, 2.45) is 0 Å². The Morgan fingerprint density at radius 2 is 2.12 bits per heavy atom. The number of rotatable bonds is 4. The van der Waals surface area contributed by atoms with Gasteiger partial charge < -0.3 is 14.4 Å².